The predicted octanol–water partition coefficient (Wildman–Crippen LogP) is 4.05. The zero-order valence-corrected chi connectivity index (χ0v) is 13.5. The molecule has 1 atom stereocenters. The number of thiophene rings is 1. The number of carbonyl (C=O) groups excluding carboxylic acids is 1. The number of anilines is 1. The number of likely N-dealkylation sites (tertiary alicyclic amines) is 1. The van der Waals surface area contributed by atoms with Crippen LogP contribution in [0.5, 0.6) is 0 Å². The van der Waals surface area contributed by atoms with E-state index in [9.17, 15) is 4.79 Å². The van der Waals surface area contributed by atoms with Crippen LogP contribution >= 0.6 is 11.3 Å². The first-order chi connectivity index (χ1) is 10.1. The Labute approximate surface area is 129 Å². The number of nitrogens with two attached hydrogens (primary N) is 1. The molecule has 1 saturated heterocycles. The fraction of sp³-hybridized carbons (Fsp3) is 0.471. The highest BCUT2D eigenvalue weighted by Gasteiger charge is 2.26. The first-order valence-electron chi connectivity index (χ1n) is 7.68. The third kappa shape index (κ3) is 2.64. The van der Waals surface area contributed by atoms with Gasteiger partial charge in [-0.25, -0.2) is 0 Å². The van der Waals surface area contributed by atoms with E-state index in [0.29, 0.717) is 16.5 Å². The van der Waals surface area contributed by atoms with Gasteiger partial charge in [-0.05, 0) is 37.8 Å². The number of nitrogen functional groups attached to an aromatic ring is 1. The third-order valence-corrected chi connectivity index (χ3v) is 5.63. The van der Waals surface area contributed by atoms with Crippen molar-refractivity contribution < 1.29 is 4.79 Å². The topological polar surface area (TPSA) is 46.3 Å². The minimum atomic E-state index is 0.115. The second kappa shape index (κ2) is 5.68. The van der Waals surface area contributed by atoms with Crippen LogP contribution in [0.2, 0.25) is 0 Å². The van der Waals surface area contributed by atoms with Crippen LogP contribution in [0.25, 0.3) is 10.1 Å². The number of piperidine rings is 1. The first-order valence-corrected chi connectivity index (χ1v) is 8.49. The summed E-state index contributed by atoms with van der Waals surface area (Å²) in [5.74, 6) is 0.755. The number of rotatable bonds is 2. The average Bonchev–Trinajstić information content (AvgIpc) is 2.83. The molecule has 2 aromatic rings. The Hall–Kier alpha value is -1.55. The molecule has 0 spiro atoms. The van der Waals surface area contributed by atoms with Gasteiger partial charge in [0.2, 0.25) is 0 Å². The van der Waals surface area contributed by atoms with Crippen molar-refractivity contribution in [3.8, 4) is 0 Å². The van der Waals surface area contributed by atoms with Crippen LogP contribution < -0.4 is 5.73 Å². The molecular formula is C17H22N2OS. The van der Waals surface area contributed by atoms with E-state index in [0.717, 1.165) is 36.0 Å². The van der Waals surface area contributed by atoms with E-state index in [1.54, 1.807) is 0 Å². The number of aryl methyl sites for hydroxylation is 1. The summed E-state index contributed by atoms with van der Waals surface area (Å²) in [5.41, 5.74) is 8.08. The van der Waals surface area contributed by atoms with Crippen LogP contribution in [0.3, 0.4) is 0 Å². The van der Waals surface area contributed by atoms with Crippen LogP contribution in [0, 0.1) is 12.8 Å². The number of amides is 1. The van der Waals surface area contributed by atoms with Gasteiger partial charge in [0.1, 0.15) is 4.88 Å². The Kier molecular flexibility index (Phi) is 3.89. The molecule has 0 radical (unpaired) electrons. The molecule has 1 aromatic carbocycles. The zero-order valence-electron chi connectivity index (χ0n) is 12.7. The smallest absolute Gasteiger partial charge is 0.266 e. The summed E-state index contributed by atoms with van der Waals surface area (Å²) in [6.07, 6.45) is 3.49. The Morgan fingerprint density at radius 2 is 2.29 bits per heavy atom. The average molecular weight is 302 g/mol. The molecule has 1 fully saturated rings. The Balaban J connectivity index is 1.92. The maximum atomic E-state index is 12.8. The molecule has 0 bridgehead atoms. The third-order valence-electron chi connectivity index (χ3n) is 4.46. The quantitative estimate of drug-likeness (QED) is 0.909. The Bertz CT molecular complexity index is 677. The highest BCUT2D eigenvalue weighted by atomic mass is 32.1. The van der Waals surface area contributed by atoms with Gasteiger partial charge < -0.3 is 10.6 Å². The SMILES string of the molecule is CCC1CCCN(C(=O)c2sc3ccc(C)cc3c2N)C1. The lowest BCUT2D eigenvalue weighted by Gasteiger charge is -2.32. The summed E-state index contributed by atoms with van der Waals surface area (Å²) < 4.78 is 1.10. The second-order valence-electron chi connectivity index (χ2n) is 6.01. The van der Waals surface area contributed by atoms with Crippen molar-refractivity contribution in [1.82, 2.24) is 4.90 Å². The molecule has 2 heterocycles. The molecule has 2 N–H and O–H groups in total. The molecule has 1 aliphatic heterocycles. The summed E-state index contributed by atoms with van der Waals surface area (Å²) in [5, 5.41) is 1.02. The fourth-order valence-corrected chi connectivity index (χ4v) is 4.19. The predicted molar refractivity (Wildman–Crippen MR) is 89.9 cm³/mol. The van der Waals surface area contributed by atoms with Crippen molar-refractivity contribution in [3.05, 3.63) is 28.6 Å². The highest BCUT2D eigenvalue weighted by Crippen LogP contribution is 2.35. The van der Waals surface area contributed by atoms with Gasteiger partial charge in [-0.3, -0.25) is 4.79 Å². The van der Waals surface area contributed by atoms with E-state index < -0.39 is 0 Å². The maximum Gasteiger partial charge on any atom is 0.266 e. The van der Waals surface area contributed by atoms with Gasteiger partial charge in [-0.1, -0.05) is 25.0 Å². The first kappa shape index (κ1) is 14.4. The molecule has 0 saturated carbocycles. The minimum absolute atomic E-state index is 0.115. The van der Waals surface area contributed by atoms with E-state index in [4.69, 9.17) is 5.73 Å². The second-order valence-corrected chi connectivity index (χ2v) is 7.06. The van der Waals surface area contributed by atoms with E-state index in [1.807, 2.05) is 4.90 Å². The van der Waals surface area contributed by atoms with Crippen molar-refractivity contribution >= 4 is 33.0 Å². The number of nitrogens with zero attached hydrogens (tertiary/aromatic N) is 1. The molecule has 3 nitrogen and oxygen atoms in total. The number of hydrogen-bond acceptors (Lipinski definition) is 3. The van der Waals surface area contributed by atoms with Crippen molar-refractivity contribution in [2.75, 3.05) is 18.8 Å². The molecule has 21 heavy (non-hydrogen) atoms. The largest absolute Gasteiger partial charge is 0.397 e. The molecular weight excluding hydrogens is 280 g/mol. The molecule has 1 amide bonds. The Morgan fingerprint density at radius 3 is 3.05 bits per heavy atom. The van der Waals surface area contributed by atoms with Crippen molar-refractivity contribution in [2.24, 2.45) is 5.92 Å². The molecule has 1 aromatic heterocycles. The van der Waals surface area contributed by atoms with Gasteiger partial charge in [-0.15, -0.1) is 11.3 Å². The van der Waals surface area contributed by atoms with Crippen molar-refractivity contribution in [1.29, 1.82) is 0 Å². The van der Waals surface area contributed by atoms with Gasteiger partial charge in [-0.2, -0.15) is 0 Å². The van der Waals surface area contributed by atoms with E-state index in [-0.39, 0.29) is 5.91 Å². The lowest BCUT2D eigenvalue weighted by atomic mass is 9.95. The lowest BCUT2D eigenvalue weighted by molar-refractivity contribution is 0.0677. The van der Waals surface area contributed by atoms with Crippen LogP contribution in [0.4, 0.5) is 5.69 Å². The number of fused-ring (bicyclic) bond motifs is 1. The molecule has 1 unspecified atom stereocenters. The number of benzene rings is 1. The fourth-order valence-electron chi connectivity index (χ4n) is 3.12. The Morgan fingerprint density at radius 1 is 1.48 bits per heavy atom. The van der Waals surface area contributed by atoms with Gasteiger partial charge in [0.05, 0.1) is 5.69 Å². The van der Waals surface area contributed by atoms with Gasteiger partial charge in [0.15, 0.2) is 0 Å². The van der Waals surface area contributed by atoms with Crippen molar-refractivity contribution in [3.63, 3.8) is 0 Å². The number of carbonyl (C=O) groups is 1. The summed E-state index contributed by atoms with van der Waals surface area (Å²) >= 11 is 1.53. The molecule has 1 aliphatic rings. The zero-order chi connectivity index (χ0) is 15.0. The van der Waals surface area contributed by atoms with Gasteiger partial charge >= 0.3 is 0 Å². The van der Waals surface area contributed by atoms with Crippen LogP contribution in [-0.2, 0) is 0 Å². The minimum Gasteiger partial charge on any atom is -0.397 e. The lowest BCUT2D eigenvalue weighted by Crippen LogP contribution is -2.39. The monoisotopic (exact) mass is 302 g/mol. The summed E-state index contributed by atoms with van der Waals surface area (Å²) in [4.78, 5) is 15.5. The van der Waals surface area contributed by atoms with E-state index in [2.05, 4.69) is 32.0 Å². The maximum absolute atomic E-state index is 12.8. The standard InChI is InChI=1S/C17H22N2OS/c1-3-12-5-4-8-19(10-12)17(20)16-15(18)13-9-11(2)6-7-14(13)21-16/h6-7,9,12H,3-5,8,10,18H2,1-2H3. The highest BCUT2D eigenvalue weighted by molar-refractivity contribution is 7.21. The molecule has 4 heteroatoms. The molecule has 3 rings (SSSR count). The van der Waals surface area contributed by atoms with Crippen LogP contribution in [0.15, 0.2) is 18.2 Å². The van der Waals surface area contributed by atoms with Crippen LogP contribution in [-0.4, -0.2) is 23.9 Å². The number of hydrogen-bond donors (Lipinski definition) is 1. The van der Waals surface area contributed by atoms with E-state index >= 15 is 0 Å². The normalized spacial score (nSPS) is 19.1. The summed E-state index contributed by atoms with van der Waals surface area (Å²) in [6.45, 7) is 5.99. The molecule has 0 aliphatic carbocycles. The van der Waals surface area contributed by atoms with Crippen molar-refractivity contribution in [2.45, 2.75) is 33.1 Å². The van der Waals surface area contributed by atoms with E-state index in [1.165, 1.54) is 23.3 Å². The summed E-state index contributed by atoms with van der Waals surface area (Å²) in [7, 11) is 0. The van der Waals surface area contributed by atoms with Crippen LogP contribution in [0.1, 0.15) is 41.4 Å². The molecule has 112 valence electrons. The van der Waals surface area contributed by atoms with Gasteiger partial charge in [0, 0.05) is 23.2 Å². The van der Waals surface area contributed by atoms with Gasteiger partial charge in [0.25, 0.3) is 5.91 Å². The summed E-state index contributed by atoms with van der Waals surface area (Å²) in [6, 6.07) is 6.21.